The third-order valence-electron chi connectivity index (χ3n) is 7.77. The zero-order chi connectivity index (χ0) is 25.6. The van der Waals surface area contributed by atoms with Crippen molar-refractivity contribution in [2.45, 2.75) is 38.6 Å². The predicted octanol–water partition coefficient (Wildman–Crippen LogP) is 2.44. The summed E-state index contributed by atoms with van der Waals surface area (Å²) >= 11 is 0. The molecule has 4 unspecified atom stereocenters. The minimum absolute atomic E-state index is 0.0366. The molecule has 3 N–H and O–H groups in total. The van der Waals surface area contributed by atoms with Crippen LogP contribution in [0.4, 0.5) is 5.69 Å². The Morgan fingerprint density at radius 3 is 2.54 bits per heavy atom. The maximum atomic E-state index is 13.6. The number of allylic oxidation sites excluding steroid dienone is 2. The highest BCUT2D eigenvalue weighted by molar-refractivity contribution is 6.22. The van der Waals surface area contributed by atoms with Crippen molar-refractivity contribution < 1.29 is 24.2 Å². The van der Waals surface area contributed by atoms with Crippen molar-refractivity contribution in [3.8, 4) is 5.75 Å². The normalized spacial score (nSPS) is 25.6. The summed E-state index contributed by atoms with van der Waals surface area (Å²) in [6.07, 6.45) is 4.92. The van der Waals surface area contributed by atoms with Crippen molar-refractivity contribution in [2.75, 3.05) is 39.7 Å². The number of aromatic hydroxyl groups is 1. The first-order valence-electron chi connectivity index (χ1n) is 12.2. The lowest BCUT2D eigenvalue weighted by molar-refractivity contribution is -0.126. The Balaban J connectivity index is 1.82. The number of fused-ring (bicyclic) bond motifs is 3. The molecule has 0 spiro atoms. The van der Waals surface area contributed by atoms with Crippen LogP contribution in [-0.2, 0) is 20.7 Å². The molecular formula is C27H35N3O5. The molecule has 0 fully saturated rings. The number of nitrogens with two attached hydrogens (primary N) is 1. The van der Waals surface area contributed by atoms with Crippen LogP contribution in [0.1, 0.15) is 42.1 Å². The van der Waals surface area contributed by atoms with Crippen molar-refractivity contribution >= 4 is 23.2 Å². The Hall–Kier alpha value is -3.13. The van der Waals surface area contributed by atoms with Crippen LogP contribution in [0.5, 0.6) is 5.75 Å². The quantitative estimate of drug-likeness (QED) is 0.575. The van der Waals surface area contributed by atoms with Crippen molar-refractivity contribution in [2.24, 2.45) is 23.5 Å². The van der Waals surface area contributed by atoms with E-state index in [-0.39, 0.29) is 35.0 Å². The second-order valence-electron chi connectivity index (χ2n) is 10.1. The molecule has 1 aromatic rings. The number of methoxy groups -OCH3 is 1. The van der Waals surface area contributed by atoms with Gasteiger partial charge in [0, 0.05) is 25.6 Å². The molecule has 0 saturated carbocycles. The summed E-state index contributed by atoms with van der Waals surface area (Å²) in [5, 5.41) is 10.9. The lowest BCUT2D eigenvalue weighted by Gasteiger charge is -2.46. The molecule has 8 heteroatoms. The van der Waals surface area contributed by atoms with E-state index >= 15 is 0 Å². The Morgan fingerprint density at radius 1 is 1.23 bits per heavy atom. The number of Topliss-reactive ketones (excluding diaryl/α,β-unsaturated/α-hetero) is 2. The maximum absolute atomic E-state index is 13.6. The van der Waals surface area contributed by atoms with Gasteiger partial charge < -0.3 is 20.5 Å². The van der Waals surface area contributed by atoms with Gasteiger partial charge >= 0.3 is 0 Å². The number of likely N-dealkylation sites (N-methyl/N-ethyl adjacent to an activating group) is 1. The maximum Gasteiger partial charge on any atom is 0.255 e. The lowest BCUT2D eigenvalue weighted by atomic mass is 9.61. The van der Waals surface area contributed by atoms with Gasteiger partial charge in [0.05, 0.1) is 24.4 Å². The van der Waals surface area contributed by atoms with E-state index in [4.69, 9.17) is 10.5 Å². The van der Waals surface area contributed by atoms with Crippen molar-refractivity contribution in [3.05, 3.63) is 46.2 Å². The highest BCUT2D eigenvalue weighted by atomic mass is 16.5. The summed E-state index contributed by atoms with van der Waals surface area (Å²) in [7, 11) is 7.07. The Labute approximate surface area is 206 Å². The van der Waals surface area contributed by atoms with Crippen LogP contribution in [0.3, 0.4) is 0 Å². The van der Waals surface area contributed by atoms with E-state index < -0.39 is 17.6 Å². The summed E-state index contributed by atoms with van der Waals surface area (Å²) in [6.45, 7) is 2.89. The van der Waals surface area contributed by atoms with Crippen molar-refractivity contribution in [1.82, 2.24) is 4.90 Å². The van der Waals surface area contributed by atoms with Crippen molar-refractivity contribution in [3.63, 3.8) is 0 Å². The summed E-state index contributed by atoms with van der Waals surface area (Å²) in [6, 6.07) is 3.45. The predicted molar refractivity (Wildman–Crippen MR) is 133 cm³/mol. The average molecular weight is 482 g/mol. The van der Waals surface area contributed by atoms with Gasteiger partial charge in [0.2, 0.25) is 0 Å². The molecule has 8 nitrogen and oxygen atoms in total. The summed E-state index contributed by atoms with van der Waals surface area (Å²) in [5.41, 5.74) is 7.77. The average Bonchev–Trinajstić information content (AvgIpc) is 2.81. The Bertz CT molecular complexity index is 1140. The molecule has 1 amide bonds. The molecule has 0 aromatic heterocycles. The number of ether oxygens (including phenoxy) is 1. The molecule has 3 aliphatic carbocycles. The number of unbranched alkanes of at least 4 members (excludes halogenated alkanes) is 1. The van der Waals surface area contributed by atoms with Crippen LogP contribution in [0, 0.1) is 17.8 Å². The zero-order valence-electron chi connectivity index (χ0n) is 21.1. The Morgan fingerprint density at radius 2 is 1.94 bits per heavy atom. The summed E-state index contributed by atoms with van der Waals surface area (Å²) in [5.74, 6) is -2.05. The van der Waals surface area contributed by atoms with Crippen molar-refractivity contribution in [1.29, 1.82) is 0 Å². The first kappa shape index (κ1) is 25.0. The fourth-order valence-corrected chi connectivity index (χ4v) is 6.09. The molecule has 0 heterocycles. The van der Waals surface area contributed by atoms with E-state index in [1.807, 2.05) is 33.3 Å². The number of phenolic OH excluding ortho intramolecular Hbond substituents is 1. The van der Waals surface area contributed by atoms with E-state index in [9.17, 15) is 19.5 Å². The minimum atomic E-state index is -0.812. The number of benzene rings is 1. The van der Waals surface area contributed by atoms with Gasteiger partial charge in [-0.05, 0) is 56.3 Å². The first-order valence-corrected chi connectivity index (χ1v) is 12.2. The van der Waals surface area contributed by atoms with Crippen LogP contribution in [-0.4, -0.2) is 68.3 Å². The van der Waals surface area contributed by atoms with Gasteiger partial charge in [-0.15, -0.1) is 0 Å². The Kier molecular flexibility index (Phi) is 6.77. The highest BCUT2D eigenvalue weighted by Gasteiger charge is 2.51. The van der Waals surface area contributed by atoms with E-state index in [0.29, 0.717) is 35.4 Å². The van der Waals surface area contributed by atoms with Gasteiger partial charge in [0.25, 0.3) is 5.91 Å². The molecule has 0 radical (unpaired) electrons. The number of anilines is 1. The lowest BCUT2D eigenvalue weighted by Crippen LogP contribution is -2.53. The monoisotopic (exact) mass is 481 g/mol. The zero-order valence-corrected chi connectivity index (χ0v) is 21.1. The second kappa shape index (κ2) is 9.49. The number of primary amides is 1. The van der Waals surface area contributed by atoms with E-state index in [2.05, 4.69) is 11.8 Å². The van der Waals surface area contributed by atoms with Crippen LogP contribution in [0.25, 0.3) is 0 Å². The van der Waals surface area contributed by atoms with Crippen LogP contribution < -0.4 is 10.6 Å². The van der Waals surface area contributed by atoms with Crippen LogP contribution in [0.15, 0.2) is 35.1 Å². The fraction of sp³-hybridized carbons (Fsp3) is 0.519. The third-order valence-corrected chi connectivity index (χ3v) is 7.77. The van der Waals surface area contributed by atoms with Crippen LogP contribution in [0.2, 0.25) is 0 Å². The van der Waals surface area contributed by atoms with Gasteiger partial charge in [-0.3, -0.25) is 19.3 Å². The van der Waals surface area contributed by atoms with Gasteiger partial charge in [-0.1, -0.05) is 25.5 Å². The molecule has 1 aromatic carbocycles. The number of amides is 1. The molecule has 35 heavy (non-hydrogen) atoms. The molecule has 4 atom stereocenters. The summed E-state index contributed by atoms with van der Waals surface area (Å²) < 4.78 is 5.65. The fourth-order valence-electron chi connectivity index (χ4n) is 6.09. The number of ketones is 2. The molecule has 188 valence electrons. The number of carbonyl (C=O) groups is 3. The molecule has 4 rings (SSSR count). The van der Waals surface area contributed by atoms with E-state index in [1.165, 1.54) is 7.11 Å². The van der Waals surface area contributed by atoms with E-state index in [1.54, 1.807) is 11.0 Å². The number of rotatable bonds is 7. The van der Waals surface area contributed by atoms with Gasteiger partial charge in [-0.25, -0.2) is 0 Å². The number of phenols is 1. The second-order valence-corrected chi connectivity index (χ2v) is 10.1. The third kappa shape index (κ3) is 4.03. The molecular weight excluding hydrogens is 446 g/mol. The largest absolute Gasteiger partial charge is 0.505 e. The molecule has 3 aliphatic rings. The van der Waals surface area contributed by atoms with E-state index in [0.717, 1.165) is 24.9 Å². The molecule has 0 aliphatic heterocycles. The smallest absolute Gasteiger partial charge is 0.255 e. The van der Waals surface area contributed by atoms with Gasteiger partial charge in [0.1, 0.15) is 17.1 Å². The number of hydrogen-bond acceptors (Lipinski definition) is 7. The van der Waals surface area contributed by atoms with Gasteiger partial charge in [0.15, 0.2) is 11.6 Å². The standard InChI is InChI=1S/C27H35N3O5/c1-6-7-10-30(4)22-17-12-15-11-14-8-9-19(29(2)3)25(33)20(14)23(31)16(15)13-18(17)24(32)21(27(28)34)26(22)35-5/h8-9,13,15,17-18,22,33H,6-7,10-12H2,1-5H3,(H2,28,34). The SMILES string of the molecule is CCCCN(C)C1C(OC)=C(C(N)=O)C(=O)C2C=C3C(=O)c4c(ccc(N(C)C)c4O)CC3CC21. The van der Waals surface area contributed by atoms with Gasteiger partial charge in [-0.2, -0.15) is 0 Å². The summed E-state index contributed by atoms with van der Waals surface area (Å²) in [4.78, 5) is 43.4. The number of nitrogens with zero attached hydrogens (tertiary/aromatic N) is 2. The van der Waals surface area contributed by atoms with Crippen LogP contribution >= 0.6 is 0 Å². The minimum Gasteiger partial charge on any atom is -0.505 e. The molecule has 0 saturated heterocycles. The number of hydrogen-bond donors (Lipinski definition) is 2. The molecule has 0 bridgehead atoms. The highest BCUT2D eigenvalue weighted by Crippen LogP contribution is 2.49. The topological polar surface area (TPSA) is 113 Å². The number of carbonyl (C=O) groups excluding carboxylic acids is 3. The first-order chi connectivity index (χ1) is 16.6.